The minimum Gasteiger partial charge on any atom is -0.478 e. The number of benzene rings is 2. The van der Waals surface area contributed by atoms with Crippen LogP contribution in [0.1, 0.15) is 57.8 Å². The second kappa shape index (κ2) is 16.9. The van der Waals surface area contributed by atoms with Gasteiger partial charge in [-0.05, 0) is 30.7 Å². The number of para-hydroxylation sites is 1. The normalized spacial score (nSPS) is 20.6. The highest BCUT2D eigenvalue weighted by Gasteiger charge is 2.53. The van der Waals surface area contributed by atoms with Gasteiger partial charge in [0.2, 0.25) is 10.0 Å². The Labute approximate surface area is 277 Å². The maximum atomic E-state index is 14.2. The predicted octanol–water partition coefficient (Wildman–Crippen LogP) is 2.75. The van der Waals surface area contributed by atoms with Crippen molar-refractivity contribution in [3.63, 3.8) is 0 Å². The van der Waals surface area contributed by atoms with E-state index in [-0.39, 0.29) is 17.2 Å². The summed E-state index contributed by atoms with van der Waals surface area (Å²) in [5.74, 6) is -4.98. The molecule has 1 aliphatic rings. The summed E-state index contributed by atoms with van der Waals surface area (Å²) in [7, 11) is -4.89. The van der Waals surface area contributed by atoms with Gasteiger partial charge < -0.3 is 38.8 Å². The Hall–Kier alpha value is -4.74. The largest absolute Gasteiger partial charge is 0.478 e. The Morgan fingerprint density at radius 3 is 2.02 bits per heavy atom. The monoisotopic (exact) mass is 694 g/mol. The first kappa shape index (κ1) is 37.7. The number of esters is 4. The first-order valence-electron chi connectivity index (χ1n) is 14.8. The second-order valence-electron chi connectivity index (χ2n) is 10.6. The molecule has 0 bridgehead atoms. The van der Waals surface area contributed by atoms with Gasteiger partial charge in [0, 0.05) is 34.2 Å². The summed E-state index contributed by atoms with van der Waals surface area (Å²) < 4.78 is 63.7. The minimum absolute atomic E-state index is 0.0501. The Morgan fingerprint density at radius 2 is 1.46 bits per heavy atom. The maximum absolute atomic E-state index is 14.2. The van der Waals surface area contributed by atoms with Crippen LogP contribution in [-0.4, -0.2) is 87.2 Å². The Balaban J connectivity index is 2.20. The molecule has 1 heterocycles. The average molecular weight is 695 g/mol. The molecule has 2 aromatic carbocycles. The number of hydrogen-bond donors (Lipinski definition) is 3. The molecule has 0 saturated carbocycles. The SMILES string of the molecule is CCCCNc1cc(C(=O)O)cc(S(=O)(=O)NC2O[C@H](COC(C)=O)[C@@H](OC(C)=O)[C@H](OC(C)=O)[C@H]2OC(C)=O)c1Oc1ccccc1. The van der Waals surface area contributed by atoms with Crippen LogP contribution in [0.25, 0.3) is 0 Å². The molecule has 1 fully saturated rings. The molecule has 2 aromatic rings. The van der Waals surface area contributed by atoms with Crippen molar-refractivity contribution in [3.05, 3.63) is 48.0 Å². The summed E-state index contributed by atoms with van der Waals surface area (Å²) in [6.07, 6.45) is -6.83. The lowest BCUT2D eigenvalue weighted by Gasteiger charge is -2.44. The second-order valence-corrected chi connectivity index (χ2v) is 12.3. The fourth-order valence-corrected chi connectivity index (χ4v) is 6.01. The van der Waals surface area contributed by atoms with Gasteiger partial charge >= 0.3 is 29.8 Å². The predicted molar refractivity (Wildman–Crippen MR) is 166 cm³/mol. The van der Waals surface area contributed by atoms with Crippen molar-refractivity contribution in [2.75, 3.05) is 18.5 Å². The summed E-state index contributed by atoms with van der Waals surface area (Å²) in [4.78, 5) is 59.6. The molecule has 1 aliphatic heterocycles. The molecule has 1 saturated heterocycles. The number of sulfonamides is 1. The van der Waals surface area contributed by atoms with Crippen molar-refractivity contribution in [1.82, 2.24) is 4.72 Å². The molecule has 0 amide bonds. The molecule has 1 unspecified atom stereocenters. The van der Waals surface area contributed by atoms with E-state index in [2.05, 4.69) is 10.0 Å². The molecule has 16 nitrogen and oxygen atoms in total. The first-order valence-corrected chi connectivity index (χ1v) is 16.3. The van der Waals surface area contributed by atoms with E-state index < -0.39 is 87.6 Å². The molecule has 17 heteroatoms. The molecule has 0 spiro atoms. The fourth-order valence-electron chi connectivity index (χ4n) is 4.71. The van der Waals surface area contributed by atoms with E-state index in [0.717, 1.165) is 40.2 Å². The van der Waals surface area contributed by atoms with Crippen LogP contribution in [-0.2, 0) is 52.9 Å². The topological polar surface area (TPSA) is 219 Å². The highest BCUT2D eigenvalue weighted by atomic mass is 32.2. The Morgan fingerprint density at radius 1 is 0.854 bits per heavy atom. The number of carbonyl (C=O) groups is 5. The van der Waals surface area contributed by atoms with E-state index >= 15 is 0 Å². The van der Waals surface area contributed by atoms with Crippen LogP contribution >= 0.6 is 0 Å². The van der Waals surface area contributed by atoms with Crippen molar-refractivity contribution in [2.45, 2.75) is 83.0 Å². The third-order valence-electron chi connectivity index (χ3n) is 6.66. The zero-order valence-corrected chi connectivity index (χ0v) is 27.7. The van der Waals surface area contributed by atoms with Gasteiger partial charge in [0.05, 0.1) is 11.3 Å². The van der Waals surface area contributed by atoms with Gasteiger partial charge in [-0.15, -0.1) is 0 Å². The van der Waals surface area contributed by atoms with Gasteiger partial charge in [-0.2, -0.15) is 4.72 Å². The quantitative estimate of drug-likeness (QED) is 0.139. The summed E-state index contributed by atoms with van der Waals surface area (Å²) in [5.41, 5.74) is -0.356. The number of rotatable bonds is 15. The van der Waals surface area contributed by atoms with Crippen LogP contribution in [0.15, 0.2) is 47.4 Å². The number of carboxylic acid groups (broad SMARTS) is 1. The van der Waals surface area contributed by atoms with E-state index in [1.807, 2.05) is 6.92 Å². The van der Waals surface area contributed by atoms with Crippen LogP contribution in [0, 0.1) is 0 Å². The lowest BCUT2D eigenvalue weighted by Crippen LogP contribution is -2.66. The number of carboxylic acids is 1. The van der Waals surface area contributed by atoms with Gasteiger partial charge in [0.15, 0.2) is 30.3 Å². The van der Waals surface area contributed by atoms with Gasteiger partial charge in [0.1, 0.15) is 23.4 Å². The molecule has 3 rings (SSSR count). The molecule has 0 aromatic heterocycles. The van der Waals surface area contributed by atoms with Crippen LogP contribution in [0.2, 0.25) is 0 Å². The van der Waals surface area contributed by atoms with Crippen molar-refractivity contribution >= 4 is 45.6 Å². The lowest BCUT2D eigenvalue weighted by molar-refractivity contribution is -0.254. The standard InChI is InChI=1S/C31H38N2O14S/c1-6-7-13-32-23-14-21(31(38)39)15-25(26(23)46-22-11-9-8-10-12-22)48(40,41)33-30-29(45-20(5)37)28(44-19(4)36)27(43-18(3)35)24(47-30)16-42-17(2)34/h8-12,14-15,24,27-30,32-33H,6-7,13,16H2,1-5H3,(H,38,39)/t24-,27-,28+,29-,30?/m1/s1. The number of nitrogens with one attached hydrogen (secondary N) is 2. The minimum atomic E-state index is -4.89. The lowest BCUT2D eigenvalue weighted by atomic mass is 9.97. The van der Waals surface area contributed by atoms with Gasteiger partial charge in [-0.25, -0.2) is 13.2 Å². The summed E-state index contributed by atoms with van der Waals surface area (Å²) in [6, 6.07) is 10.2. The first-order chi connectivity index (χ1) is 22.6. The number of anilines is 1. The molecular formula is C31H38N2O14S. The molecule has 0 aliphatic carbocycles. The molecule has 48 heavy (non-hydrogen) atoms. The smallest absolute Gasteiger partial charge is 0.335 e. The summed E-state index contributed by atoms with van der Waals surface area (Å²) in [5, 5.41) is 12.9. The van der Waals surface area contributed by atoms with Crippen molar-refractivity contribution < 1.29 is 65.9 Å². The highest BCUT2D eigenvalue weighted by molar-refractivity contribution is 7.89. The van der Waals surface area contributed by atoms with Gasteiger partial charge in [0.25, 0.3) is 0 Å². The van der Waals surface area contributed by atoms with Crippen LogP contribution in [0.5, 0.6) is 11.5 Å². The average Bonchev–Trinajstić information content (AvgIpc) is 2.99. The number of unbranched alkanes of at least 4 members (excludes halogenated alkanes) is 1. The number of hydrogen-bond acceptors (Lipinski definition) is 14. The Bertz CT molecular complexity index is 1600. The summed E-state index contributed by atoms with van der Waals surface area (Å²) >= 11 is 0. The maximum Gasteiger partial charge on any atom is 0.335 e. The Kier molecular flexibility index (Phi) is 13.3. The van der Waals surface area contributed by atoms with Crippen molar-refractivity contribution in [2.24, 2.45) is 0 Å². The third kappa shape index (κ3) is 10.4. The molecular weight excluding hydrogens is 656 g/mol. The van der Waals surface area contributed by atoms with E-state index in [0.29, 0.717) is 13.0 Å². The zero-order valence-electron chi connectivity index (χ0n) is 26.9. The van der Waals surface area contributed by atoms with E-state index in [9.17, 15) is 37.5 Å². The van der Waals surface area contributed by atoms with Crippen molar-refractivity contribution in [3.8, 4) is 11.5 Å². The molecule has 3 N–H and O–H groups in total. The fraction of sp³-hybridized carbons (Fsp3) is 0.452. The van der Waals surface area contributed by atoms with Crippen molar-refractivity contribution in [1.29, 1.82) is 0 Å². The molecule has 262 valence electrons. The van der Waals surface area contributed by atoms with Crippen LogP contribution < -0.4 is 14.8 Å². The van der Waals surface area contributed by atoms with Gasteiger partial charge in [-0.1, -0.05) is 31.5 Å². The number of aromatic carboxylic acids is 1. The highest BCUT2D eigenvalue weighted by Crippen LogP contribution is 2.38. The van der Waals surface area contributed by atoms with Gasteiger partial charge in [-0.3, -0.25) is 19.2 Å². The summed E-state index contributed by atoms with van der Waals surface area (Å²) in [6.45, 7) is 5.82. The van der Waals surface area contributed by atoms with E-state index in [4.69, 9.17) is 28.4 Å². The third-order valence-corrected chi connectivity index (χ3v) is 8.09. The van der Waals surface area contributed by atoms with E-state index in [1.54, 1.807) is 30.3 Å². The van der Waals surface area contributed by atoms with Crippen LogP contribution in [0.3, 0.4) is 0 Å². The molecule has 0 radical (unpaired) electrons. The van der Waals surface area contributed by atoms with Crippen LogP contribution in [0.4, 0.5) is 5.69 Å². The molecule has 5 atom stereocenters. The van der Waals surface area contributed by atoms with E-state index in [1.165, 1.54) is 6.07 Å². The number of ether oxygens (including phenoxy) is 6. The zero-order chi connectivity index (χ0) is 35.6. The number of carbonyl (C=O) groups excluding carboxylic acids is 4.